The van der Waals surface area contributed by atoms with Gasteiger partial charge in [-0.1, -0.05) is 12.8 Å². The first-order valence-corrected chi connectivity index (χ1v) is 6.70. The third-order valence-corrected chi connectivity index (χ3v) is 5.60. The highest BCUT2D eigenvalue weighted by Crippen LogP contribution is 2.41. The highest BCUT2D eigenvalue weighted by Gasteiger charge is 2.26. The van der Waals surface area contributed by atoms with Gasteiger partial charge < -0.3 is 5.11 Å². The van der Waals surface area contributed by atoms with E-state index < -0.39 is 0 Å². The molecule has 1 nitrogen and oxygen atoms in total. The molecule has 0 radical (unpaired) electrons. The largest absolute Gasteiger partial charge is 0.388 e. The molecular weight excluding hydrogens is 316 g/mol. The van der Waals surface area contributed by atoms with Crippen molar-refractivity contribution in [1.82, 2.24) is 0 Å². The SMILES string of the molecule is OC(CC1CC1)c1cc(Br)c(Br)s1. The molecule has 4 heteroatoms. The molecule has 0 spiro atoms. The van der Waals surface area contributed by atoms with E-state index in [1.165, 1.54) is 12.8 Å². The fourth-order valence-electron chi connectivity index (χ4n) is 1.31. The van der Waals surface area contributed by atoms with Crippen molar-refractivity contribution in [2.24, 2.45) is 5.92 Å². The standard InChI is InChI=1S/C9H10Br2OS/c10-6-4-8(13-9(6)11)7(12)3-5-1-2-5/h4-5,7,12H,1-3H2. The van der Waals surface area contributed by atoms with Gasteiger partial charge in [-0.05, 0) is 50.3 Å². The van der Waals surface area contributed by atoms with E-state index in [0.29, 0.717) is 0 Å². The van der Waals surface area contributed by atoms with Gasteiger partial charge in [-0.15, -0.1) is 11.3 Å². The van der Waals surface area contributed by atoms with E-state index in [4.69, 9.17) is 0 Å². The summed E-state index contributed by atoms with van der Waals surface area (Å²) >= 11 is 8.46. The Morgan fingerprint density at radius 1 is 1.54 bits per heavy atom. The Kier molecular flexibility index (Phi) is 3.13. The van der Waals surface area contributed by atoms with Crippen LogP contribution in [0.4, 0.5) is 0 Å². The first-order chi connectivity index (χ1) is 6.16. The van der Waals surface area contributed by atoms with Gasteiger partial charge in [-0.25, -0.2) is 0 Å². The third kappa shape index (κ3) is 2.55. The van der Waals surface area contributed by atoms with Gasteiger partial charge in [0.1, 0.15) is 0 Å². The monoisotopic (exact) mass is 324 g/mol. The van der Waals surface area contributed by atoms with Gasteiger partial charge in [0.2, 0.25) is 0 Å². The van der Waals surface area contributed by atoms with Crippen molar-refractivity contribution in [2.75, 3.05) is 0 Å². The molecule has 1 aromatic rings. The predicted molar refractivity (Wildman–Crippen MR) is 62.0 cm³/mol. The Morgan fingerprint density at radius 2 is 2.23 bits per heavy atom. The maximum absolute atomic E-state index is 9.84. The molecule has 1 heterocycles. The quantitative estimate of drug-likeness (QED) is 0.886. The molecule has 72 valence electrons. The summed E-state index contributed by atoms with van der Waals surface area (Å²) in [5, 5.41) is 9.84. The second-order valence-corrected chi connectivity index (χ2v) is 6.72. The van der Waals surface area contributed by atoms with Crippen molar-refractivity contribution in [3.8, 4) is 0 Å². The van der Waals surface area contributed by atoms with Crippen LogP contribution >= 0.6 is 43.2 Å². The summed E-state index contributed by atoms with van der Waals surface area (Å²) in [6.45, 7) is 0. The van der Waals surface area contributed by atoms with Crippen molar-refractivity contribution in [3.05, 3.63) is 19.2 Å². The van der Waals surface area contributed by atoms with Crippen LogP contribution in [0.15, 0.2) is 14.3 Å². The van der Waals surface area contributed by atoms with Crippen molar-refractivity contribution in [1.29, 1.82) is 0 Å². The average Bonchev–Trinajstić information content (AvgIpc) is 2.81. The van der Waals surface area contributed by atoms with Crippen LogP contribution in [0.1, 0.15) is 30.2 Å². The number of halogens is 2. The van der Waals surface area contributed by atoms with Gasteiger partial charge in [-0.2, -0.15) is 0 Å². The molecule has 1 fully saturated rings. The molecule has 1 atom stereocenters. The fourth-order valence-corrected chi connectivity index (χ4v) is 3.40. The van der Waals surface area contributed by atoms with Gasteiger partial charge in [0, 0.05) is 9.35 Å². The van der Waals surface area contributed by atoms with Crippen LogP contribution in [0.2, 0.25) is 0 Å². The predicted octanol–water partition coefficient (Wildman–Crippen LogP) is 4.11. The Balaban J connectivity index is 2.05. The molecule has 13 heavy (non-hydrogen) atoms. The summed E-state index contributed by atoms with van der Waals surface area (Å²) in [7, 11) is 0. The summed E-state index contributed by atoms with van der Waals surface area (Å²) in [4.78, 5) is 1.06. The lowest BCUT2D eigenvalue weighted by Crippen LogP contribution is -1.94. The van der Waals surface area contributed by atoms with E-state index in [1.54, 1.807) is 11.3 Å². The molecule has 0 aromatic carbocycles. The maximum Gasteiger partial charge on any atom is 0.0885 e. The van der Waals surface area contributed by atoms with Crippen LogP contribution < -0.4 is 0 Å². The zero-order valence-corrected chi connectivity index (χ0v) is 11.0. The minimum Gasteiger partial charge on any atom is -0.388 e. The topological polar surface area (TPSA) is 20.2 Å². The molecule has 1 unspecified atom stereocenters. The first-order valence-electron chi connectivity index (χ1n) is 4.29. The smallest absolute Gasteiger partial charge is 0.0885 e. The van der Waals surface area contributed by atoms with Gasteiger partial charge >= 0.3 is 0 Å². The number of hydrogen-bond acceptors (Lipinski definition) is 2. The molecule has 1 aliphatic carbocycles. The van der Waals surface area contributed by atoms with Crippen LogP contribution in [0.5, 0.6) is 0 Å². The number of thiophene rings is 1. The number of aliphatic hydroxyl groups excluding tert-OH is 1. The zero-order chi connectivity index (χ0) is 9.42. The summed E-state index contributed by atoms with van der Waals surface area (Å²) in [5.41, 5.74) is 0. The number of hydrogen-bond donors (Lipinski definition) is 1. The molecule has 0 aliphatic heterocycles. The lowest BCUT2D eigenvalue weighted by atomic mass is 10.1. The number of aliphatic hydroxyl groups is 1. The molecule has 2 rings (SSSR count). The Hall–Kier alpha value is 0.620. The summed E-state index contributed by atoms with van der Waals surface area (Å²) in [6.07, 6.45) is 3.26. The second kappa shape index (κ2) is 4.01. The summed E-state index contributed by atoms with van der Waals surface area (Å²) in [6, 6.07) is 2.00. The van der Waals surface area contributed by atoms with Crippen LogP contribution in [0.25, 0.3) is 0 Å². The third-order valence-electron chi connectivity index (χ3n) is 2.25. The van der Waals surface area contributed by atoms with Crippen molar-refractivity contribution in [2.45, 2.75) is 25.4 Å². The lowest BCUT2D eigenvalue weighted by Gasteiger charge is -2.05. The molecule has 1 aromatic heterocycles. The van der Waals surface area contributed by atoms with Crippen molar-refractivity contribution >= 4 is 43.2 Å². The van der Waals surface area contributed by atoms with E-state index >= 15 is 0 Å². The number of rotatable bonds is 3. The molecule has 0 bridgehead atoms. The minimum absolute atomic E-state index is 0.264. The lowest BCUT2D eigenvalue weighted by molar-refractivity contribution is 0.164. The Morgan fingerprint density at radius 3 is 2.69 bits per heavy atom. The van der Waals surface area contributed by atoms with E-state index in [0.717, 1.165) is 25.5 Å². The molecule has 0 amide bonds. The maximum atomic E-state index is 9.84. The molecule has 1 N–H and O–H groups in total. The van der Waals surface area contributed by atoms with E-state index in [9.17, 15) is 5.11 Å². The van der Waals surface area contributed by atoms with Crippen LogP contribution in [0, 0.1) is 5.92 Å². The zero-order valence-electron chi connectivity index (χ0n) is 6.96. The van der Waals surface area contributed by atoms with E-state index in [-0.39, 0.29) is 6.10 Å². The van der Waals surface area contributed by atoms with Crippen LogP contribution in [-0.4, -0.2) is 5.11 Å². The van der Waals surface area contributed by atoms with E-state index in [1.807, 2.05) is 6.07 Å². The van der Waals surface area contributed by atoms with Gasteiger partial charge in [-0.3, -0.25) is 0 Å². The Labute approximate surface area is 98.4 Å². The highest BCUT2D eigenvalue weighted by molar-refractivity contribution is 9.13. The minimum atomic E-state index is -0.264. The normalized spacial score (nSPS) is 19.0. The van der Waals surface area contributed by atoms with E-state index in [2.05, 4.69) is 31.9 Å². The molecular formula is C9H10Br2OS. The first kappa shape index (κ1) is 10.1. The van der Waals surface area contributed by atoms with Gasteiger partial charge in [0.25, 0.3) is 0 Å². The Bertz CT molecular complexity index is 287. The highest BCUT2D eigenvalue weighted by atomic mass is 79.9. The van der Waals surface area contributed by atoms with Crippen molar-refractivity contribution in [3.63, 3.8) is 0 Å². The molecule has 1 saturated carbocycles. The average molecular weight is 326 g/mol. The molecule has 1 aliphatic rings. The second-order valence-electron chi connectivity index (χ2n) is 3.47. The van der Waals surface area contributed by atoms with Crippen molar-refractivity contribution < 1.29 is 5.11 Å². The van der Waals surface area contributed by atoms with Crippen LogP contribution in [-0.2, 0) is 0 Å². The van der Waals surface area contributed by atoms with Crippen LogP contribution in [0.3, 0.4) is 0 Å². The van der Waals surface area contributed by atoms with Gasteiger partial charge in [0.15, 0.2) is 0 Å². The summed E-state index contributed by atoms with van der Waals surface area (Å²) in [5.74, 6) is 0.773. The van der Waals surface area contributed by atoms with Gasteiger partial charge in [0.05, 0.1) is 9.89 Å². The summed E-state index contributed by atoms with van der Waals surface area (Å²) < 4.78 is 2.11. The molecule has 0 saturated heterocycles. The fraction of sp³-hybridized carbons (Fsp3) is 0.556.